The number of benzene rings is 2. The first-order chi connectivity index (χ1) is 10.2. The highest BCUT2D eigenvalue weighted by Crippen LogP contribution is 2.48. The van der Waals surface area contributed by atoms with Gasteiger partial charge < -0.3 is 11.1 Å². The predicted molar refractivity (Wildman–Crippen MR) is 84.9 cm³/mol. The van der Waals surface area contributed by atoms with Gasteiger partial charge in [0.05, 0.1) is 5.41 Å². The molecule has 0 unspecified atom stereocenters. The molecule has 1 fully saturated rings. The molecule has 0 aliphatic heterocycles. The molecule has 1 amide bonds. The fraction of sp³-hybridized carbons (Fsp3) is 0.278. The third-order valence-corrected chi connectivity index (χ3v) is 4.19. The van der Waals surface area contributed by atoms with Crippen molar-refractivity contribution in [2.45, 2.75) is 24.7 Å². The Labute approximate surface area is 125 Å². The third-order valence-electron chi connectivity index (χ3n) is 4.19. The van der Waals surface area contributed by atoms with Crippen molar-refractivity contribution < 1.29 is 4.79 Å². The minimum absolute atomic E-state index is 0.142. The number of carbonyl (C=O) groups excluding carboxylic acids is 1. The molecule has 3 rings (SSSR count). The summed E-state index contributed by atoms with van der Waals surface area (Å²) >= 11 is 0. The lowest BCUT2D eigenvalue weighted by Crippen LogP contribution is -2.35. The van der Waals surface area contributed by atoms with Crippen molar-refractivity contribution in [1.82, 2.24) is 5.32 Å². The van der Waals surface area contributed by atoms with Crippen molar-refractivity contribution >= 4 is 11.6 Å². The Bertz CT molecular complexity index is 615. The van der Waals surface area contributed by atoms with Gasteiger partial charge in [-0.3, -0.25) is 4.79 Å². The molecule has 0 heterocycles. The molecule has 0 aromatic heterocycles. The molecule has 1 saturated carbocycles. The van der Waals surface area contributed by atoms with Crippen LogP contribution in [0.1, 0.15) is 24.0 Å². The van der Waals surface area contributed by atoms with E-state index in [1.165, 1.54) is 5.56 Å². The Balaban J connectivity index is 1.59. The Morgan fingerprint density at radius 1 is 1.05 bits per heavy atom. The van der Waals surface area contributed by atoms with Crippen molar-refractivity contribution in [1.29, 1.82) is 0 Å². The minimum atomic E-state index is -0.315. The molecule has 0 bridgehead atoms. The van der Waals surface area contributed by atoms with Crippen LogP contribution < -0.4 is 11.1 Å². The van der Waals surface area contributed by atoms with Crippen molar-refractivity contribution in [3.8, 4) is 0 Å². The second kappa shape index (κ2) is 5.60. The van der Waals surface area contributed by atoms with Gasteiger partial charge in [0.25, 0.3) is 0 Å². The van der Waals surface area contributed by atoms with Gasteiger partial charge >= 0.3 is 0 Å². The normalized spacial score (nSPS) is 15.4. The molecule has 1 aliphatic carbocycles. The standard InChI is InChI=1S/C18H20N2O/c19-16-8-6-15(7-9-16)18(11-12-18)17(21)20-13-10-14-4-2-1-3-5-14/h1-9H,10-13,19H2,(H,20,21). The largest absolute Gasteiger partial charge is 0.399 e. The number of anilines is 1. The van der Waals surface area contributed by atoms with Gasteiger partial charge in [0.2, 0.25) is 5.91 Å². The van der Waals surface area contributed by atoms with Gasteiger partial charge in [0, 0.05) is 12.2 Å². The van der Waals surface area contributed by atoms with E-state index in [1.807, 2.05) is 42.5 Å². The lowest BCUT2D eigenvalue weighted by molar-refractivity contribution is -0.123. The number of nitrogen functional groups attached to an aromatic ring is 1. The van der Waals surface area contributed by atoms with Crippen molar-refractivity contribution in [3.63, 3.8) is 0 Å². The van der Waals surface area contributed by atoms with Crippen LogP contribution in [0.2, 0.25) is 0 Å². The fourth-order valence-electron chi connectivity index (χ4n) is 2.71. The molecular formula is C18H20N2O. The van der Waals surface area contributed by atoms with Crippen LogP contribution in [0.4, 0.5) is 5.69 Å². The first-order valence-electron chi connectivity index (χ1n) is 7.39. The fourth-order valence-corrected chi connectivity index (χ4v) is 2.71. The summed E-state index contributed by atoms with van der Waals surface area (Å²) < 4.78 is 0. The quantitative estimate of drug-likeness (QED) is 0.827. The molecule has 21 heavy (non-hydrogen) atoms. The van der Waals surface area contributed by atoms with Gasteiger partial charge in [-0.2, -0.15) is 0 Å². The minimum Gasteiger partial charge on any atom is -0.399 e. The van der Waals surface area contributed by atoms with E-state index >= 15 is 0 Å². The molecular weight excluding hydrogens is 260 g/mol. The molecule has 2 aromatic carbocycles. The predicted octanol–water partition coefficient (Wildman–Crippen LogP) is 2.66. The SMILES string of the molecule is Nc1ccc(C2(C(=O)NCCc3ccccc3)CC2)cc1. The summed E-state index contributed by atoms with van der Waals surface area (Å²) in [5.74, 6) is 0.142. The number of hydrogen-bond acceptors (Lipinski definition) is 2. The van der Waals surface area contributed by atoms with E-state index in [2.05, 4.69) is 17.4 Å². The molecule has 0 saturated heterocycles. The van der Waals surface area contributed by atoms with E-state index in [9.17, 15) is 4.79 Å². The van der Waals surface area contributed by atoms with E-state index in [1.54, 1.807) is 0 Å². The molecule has 0 spiro atoms. The van der Waals surface area contributed by atoms with Crippen LogP contribution in [0.3, 0.4) is 0 Å². The zero-order valence-electron chi connectivity index (χ0n) is 12.0. The molecule has 108 valence electrons. The summed E-state index contributed by atoms with van der Waals surface area (Å²) in [5, 5.41) is 3.08. The van der Waals surface area contributed by atoms with Gasteiger partial charge in [-0.25, -0.2) is 0 Å². The molecule has 0 atom stereocenters. The van der Waals surface area contributed by atoms with Crippen LogP contribution in [0.25, 0.3) is 0 Å². The Hall–Kier alpha value is -2.29. The van der Waals surface area contributed by atoms with Crippen LogP contribution in [0.15, 0.2) is 54.6 Å². The maximum Gasteiger partial charge on any atom is 0.230 e. The second-order valence-corrected chi connectivity index (χ2v) is 5.70. The number of carbonyl (C=O) groups is 1. The van der Waals surface area contributed by atoms with E-state index in [0.29, 0.717) is 6.54 Å². The number of amides is 1. The van der Waals surface area contributed by atoms with Crippen LogP contribution in [0.5, 0.6) is 0 Å². The molecule has 3 N–H and O–H groups in total. The van der Waals surface area contributed by atoms with Crippen LogP contribution >= 0.6 is 0 Å². The third kappa shape index (κ3) is 2.92. The number of rotatable bonds is 5. The van der Waals surface area contributed by atoms with Crippen molar-refractivity contribution in [2.24, 2.45) is 0 Å². The van der Waals surface area contributed by atoms with Gasteiger partial charge in [-0.15, -0.1) is 0 Å². The topological polar surface area (TPSA) is 55.1 Å². The van der Waals surface area contributed by atoms with Crippen LogP contribution in [-0.2, 0) is 16.6 Å². The highest BCUT2D eigenvalue weighted by Gasteiger charge is 2.50. The lowest BCUT2D eigenvalue weighted by atomic mass is 9.94. The van der Waals surface area contributed by atoms with Gasteiger partial charge in [0.15, 0.2) is 0 Å². The van der Waals surface area contributed by atoms with E-state index < -0.39 is 0 Å². The van der Waals surface area contributed by atoms with Gasteiger partial charge in [0.1, 0.15) is 0 Å². The number of nitrogens with two attached hydrogens (primary N) is 1. The second-order valence-electron chi connectivity index (χ2n) is 5.70. The van der Waals surface area contributed by atoms with E-state index in [0.717, 1.165) is 30.5 Å². The molecule has 3 nitrogen and oxygen atoms in total. The lowest BCUT2D eigenvalue weighted by Gasteiger charge is -2.16. The summed E-state index contributed by atoms with van der Waals surface area (Å²) in [6.45, 7) is 0.680. The maximum absolute atomic E-state index is 12.5. The molecule has 1 aliphatic rings. The monoisotopic (exact) mass is 280 g/mol. The van der Waals surface area contributed by atoms with E-state index in [4.69, 9.17) is 5.73 Å². The summed E-state index contributed by atoms with van der Waals surface area (Å²) in [7, 11) is 0. The smallest absolute Gasteiger partial charge is 0.230 e. The summed E-state index contributed by atoms with van der Waals surface area (Å²) in [4.78, 5) is 12.5. The zero-order valence-corrected chi connectivity index (χ0v) is 12.0. The Morgan fingerprint density at radius 3 is 2.33 bits per heavy atom. The number of hydrogen-bond donors (Lipinski definition) is 2. The maximum atomic E-state index is 12.5. The van der Waals surface area contributed by atoms with Crippen molar-refractivity contribution in [3.05, 3.63) is 65.7 Å². The summed E-state index contributed by atoms with van der Waals surface area (Å²) in [5.41, 5.74) is 8.45. The van der Waals surface area contributed by atoms with Gasteiger partial charge in [-0.05, 0) is 42.5 Å². The average molecular weight is 280 g/mol. The Kier molecular flexibility index (Phi) is 3.65. The van der Waals surface area contributed by atoms with Crippen molar-refractivity contribution in [2.75, 3.05) is 12.3 Å². The van der Waals surface area contributed by atoms with Crippen LogP contribution in [0, 0.1) is 0 Å². The highest BCUT2D eigenvalue weighted by molar-refractivity contribution is 5.91. The molecule has 0 radical (unpaired) electrons. The highest BCUT2D eigenvalue weighted by atomic mass is 16.2. The molecule has 3 heteroatoms. The van der Waals surface area contributed by atoms with E-state index in [-0.39, 0.29) is 11.3 Å². The molecule has 2 aromatic rings. The Morgan fingerprint density at radius 2 is 1.71 bits per heavy atom. The number of nitrogens with one attached hydrogen (secondary N) is 1. The summed E-state index contributed by atoms with van der Waals surface area (Å²) in [6, 6.07) is 17.9. The van der Waals surface area contributed by atoms with Crippen LogP contribution in [-0.4, -0.2) is 12.5 Å². The first kappa shape index (κ1) is 13.7. The first-order valence-corrected chi connectivity index (χ1v) is 7.39. The summed E-state index contributed by atoms with van der Waals surface area (Å²) in [6.07, 6.45) is 2.71. The van der Waals surface area contributed by atoms with Gasteiger partial charge in [-0.1, -0.05) is 42.5 Å². The zero-order chi connectivity index (χ0) is 14.7. The average Bonchev–Trinajstić information content (AvgIpc) is 3.31.